The van der Waals surface area contributed by atoms with Crippen LogP contribution in [0.4, 0.5) is 0 Å². The average molecular weight is 260 g/mol. The third kappa shape index (κ3) is 3.15. The first-order chi connectivity index (χ1) is 9.20. The van der Waals surface area contributed by atoms with Gasteiger partial charge >= 0.3 is 5.97 Å². The molecule has 1 aromatic heterocycles. The van der Waals surface area contributed by atoms with Crippen LogP contribution in [0.2, 0.25) is 0 Å². The zero-order valence-corrected chi connectivity index (χ0v) is 10.2. The maximum Gasteiger partial charge on any atom is 0.328 e. The molecule has 0 bridgehead atoms. The third-order valence-corrected chi connectivity index (χ3v) is 2.26. The number of benzene rings is 1. The molecule has 1 N–H and O–H groups in total. The molecule has 7 heteroatoms. The van der Waals surface area contributed by atoms with E-state index in [9.17, 15) is 4.79 Å². The van der Waals surface area contributed by atoms with E-state index in [1.807, 2.05) is 6.92 Å². The van der Waals surface area contributed by atoms with Crippen LogP contribution in [-0.2, 0) is 4.79 Å². The second-order valence-electron chi connectivity index (χ2n) is 3.55. The summed E-state index contributed by atoms with van der Waals surface area (Å²) in [6.07, 6.45) is 2.32. The van der Waals surface area contributed by atoms with E-state index in [-0.39, 0.29) is 0 Å². The Morgan fingerprint density at radius 1 is 1.42 bits per heavy atom. The van der Waals surface area contributed by atoms with Crippen LogP contribution in [0.15, 0.2) is 30.3 Å². The highest BCUT2D eigenvalue weighted by Gasteiger charge is 2.05. The normalized spacial score (nSPS) is 10.8. The zero-order valence-electron chi connectivity index (χ0n) is 10.2. The number of aliphatic carboxylic acids is 1. The van der Waals surface area contributed by atoms with Gasteiger partial charge in [0.15, 0.2) is 5.82 Å². The number of tetrazole rings is 1. The molecule has 1 aromatic carbocycles. The first kappa shape index (κ1) is 12.7. The summed E-state index contributed by atoms with van der Waals surface area (Å²) in [7, 11) is 0. The van der Waals surface area contributed by atoms with E-state index < -0.39 is 5.97 Å². The Bertz CT molecular complexity index is 589. The molecule has 0 saturated heterocycles. The lowest BCUT2D eigenvalue weighted by atomic mass is 10.3. The van der Waals surface area contributed by atoms with Crippen LogP contribution in [-0.4, -0.2) is 37.9 Å². The van der Waals surface area contributed by atoms with Crippen molar-refractivity contribution in [2.24, 2.45) is 0 Å². The SMILES string of the molecule is CCOc1ccc(-n2nnnc2/C=C/C(=O)O)cc1. The van der Waals surface area contributed by atoms with Gasteiger partial charge in [0.1, 0.15) is 5.75 Å². The number of hydrogen-bond acceptors (Lipinski definition) is 5. The van der Waals surface area contributed by atoms with E-state index in [2.05, 4.69) is 15.5 Å². The molecule has 2 aromatic rings. The lowest BCUT2D eigenvalue weighted by Crippen LogP contribution is -2.00. The van der Waals surface area contributed by atoms with Gasteiger partial charge < -0.3 is 9.84 Å². The van der Waals surface area contributed by atoms with E-state index in [1.165, 1.54) is 10.8 Å². The molecule has 7 nitrogen and oxygen atoms in total. The van der Waals surface area contributed by atoms with Gasteiger partial charge in [0, 0.05) is 6.08 Å². The van der Waals surface area contributed by atoms with Gasteiger partial charge in [-0.3, -0.25) is 0 Å². The number of ether oxygens (including phenoxy) is 1. The zero-order chi connectivity index (χ0) is 13.7. The van der Waals surface area contributed by atoms with Crippen molar-refractivity contribution in [1.82, 2.24) is 20.2 Å². The molecular formula is C12H12N4O3. The smallest absolute Gasteiger partial charge is 0.328 e. The molecule has 2 rings (SSSR count). The van der Waals surface area contributed by atoms with E-state index in [4.69, 9.17) is 9.84 Å². The number of aromatic nitrogens is 4. The fraction of sp³-hybridized carbons (Fsp3) is 0.167. The highest BCUT2D eigenvalue weighted by atomic mass is 16.5. The molecule has 0 fully saturated rings. The van der Waals surface area contributed by atoms with Crippen molar-refractivity contribution >= 4 is 12.0 Å². The van der Waals surface area contributed by atoms with Gasteiger partial charge in [-0.15, -0.1) is 5.10 Å². The van der Waals surface area contributed by atoms with E-state index in [1.54, 1.807) is 24.3 Å². The summed E-state index contributed by atoms with van der Waals surface area (Å²) in [6, 6.07) is 7.18. The van der Waals surface area contributed by atoms with Gasteiger partial charge in [0.25, 0.3) is 0 Å². The summed E-state index contributed by atoms with van der Waals surface area (Å²) in [6.45, 7) is 2.50. The summed E-state index contributed by atoms with van der Waals surface area (Å²) < 4.78 is 6.77. The molecule has 0 aliphatic heterocycles. The van der Waals surface area contributed by atoms with Crippen molar-refractivity contribution in [3.05, 3.63) is 36.2 Å². The monoisotopic (exact) mass is 260 g/mol. The molecule has 0 amide bonds. The lowest BCUT2D eigenvalue weighted by molar-refractivity contribution is -0.131. The summed E-state index contributed by atoms with van der Waals surface area (Å²) in [5.41, 5.74) is 0.721. The predicted molar refractivity (Wildman–Crippen MR) is 67.0 cm³/mol. The molecule has 19 heavy (non-hydrogen) atoms. The van der Waals surface area contributed by atoms with Crippen LogP contribution in [0.5, 0.6) is 5.75 Å². The van der Waals surface area contributed by atoms with Crippen molar-refractivity contribution in [2.75, 3.05) is 6.61 Å². The van der Waals surface area contributed by atoms with Crippen LogP contribution < -0.4 is 4.74 Å². The van der Waals surface area contributed by atoms with Gasteiger partial charge in [0.05, 0.1) is 12.3 Å². The number of hydrogen-bond donors (Lipinski definition) is 1. The van der Waals surface area contributed by atoms with Gasteiger partial charge in [-0.25, -0.2) is 4.79 Å². The molecule has 0 saturated carbocycles. The molecular weight excluding hydrogens is 248 g/mol. The Labute approximate surface area is 109 Å². The molecule has 0 aliphatic rings. The second kappa shape index (κ2) is 5.76. The minimum absolute atomic E-state index is 0.339. The van der Waals surface area contributed by atoms with E-state index in [0.29, 0.717) is 12.4 Å². The minimum atomic E-state index is -1.05. The fourth-order valence-electron chi connectivity index (χ4n) is 1.48. The van der Waals surface area contributed by atoms with Crippen LogP contribution in [0.3, 0.4) is 0 Å². The fourth-order valence-corrected chi connectivity index (χ4v) is 1.48. The topological polar surface area (TPSA) is 90.1 Å². The Hall–Kier alpha value is -2.70. The molecule has 0 spiro atoms. The largest absolute Gasteiger partial charge is 0.494 e. The Kier molecular flexibility index (Phi) is 3.87. The van der Waals surface area contributed by atoms with E-state index in [0.717, 1.165) is 17.5 Å². The molecule has 98 valence electrons. The number of carbonyl (C=O) groups is 1. The maximum atomic E-state index is 10.5. The number of carboxylic acids is 1. The minimum Gasteiger partial charge on any atom is -0.494 e. The van der Waals surface area contributed by atoms with Crippen molar-refractivity contribution in [2.45, 2.75) is 6.92 Å². The van der Waals surface area contributed by atoms with Crippen LogP contribution in [0.1, 0.15) is 12.7 Å². The van der Waals surface area contributed by atoms with Gasteiger partial charge in [-0.1, -0.05) is 0 Å². The van der Waals surface area contributed by atoms with E-state index >= 15 is 0 Å². The average Bonchev–Trinajstić information content (AvgIpc) is 2.86. The Balaban J connectivity index is 2.26. The van der Waals surface area contributed by atoms with Gasteiger partial charge in [-0.2, -0.15) is 4.68 Å². The summed E-state index contributed by atoms with van der Waals surface area (Å²) in [5, 5.41) is 19.7. The predicted octanol–water partition coefficient (Wildman–Crippen LogP) is 1.16. The third-order valence-electron chi connectivity index (χ3n) is 2.26. The van der Waals surface area contributed by atoms with Crippen molar-refractivity contribution in [1.29, 1.82) is 0 Å². The van der Waals surface area contributed by atoms with Crippen molar-refractivity contribution in [3.8, 4) is 11.4 Å². The second-order valence-corrected chi connectivity index (χ2v) is 3.55. The highest BCUT2D eigenvalue weighted by molar-refractivity contribution is 5.84. The lowest BCUT2D eigenvalue weighted by Gasteiger charge is -2.05. The standard InChI is InChI=1S/C12H12N4O3/c1-2-19-10-5-3-9(4-6-10)16-11(13-14-15-16)7-8-12(17)18/h3-8H,2H2,1H3,(H,17,18)/b8-7+. The van der Waals surface area contributed by atoms with Crippen LogP contribution >= 0.6 is 0 Å². The summed E-state index contributed by atoms with van der Waals surface area (Å²) in [5.74, 6) is 0.0368. The first-order valence-corrected chi connectivity index (χ1v) is 5.63. The van der Waals surface area contributed by atoms with Crippen molar-refractivity contribution < 1.29 is 14.6 Å². The number of rotatable bonds is 5. The van der Waals surface area contributed by atoms with Gasteiger partial charge in [0.2, 0.25) is 0 Å². The molecule has 0 unspecified atom stereocenters. The summed E-state index contributed by atoms with van der Waals surface area (Å²) >= 11 is 0. The first-order valence-electron chi connectivity index (χ1n) is 5.63. The Morgan fingerprint density at radius 2 is 2.16 bits per heavy atom. The quantitative estimate of drug-likeness (QED) is 0.811. The molecule has 0 atom stereocenters. The van der Waals surface area contributed by atoms with Crippen LogP contribution in [0, 0.1) is 0 Å². The highest BCUT2D eigenvalue weighted by Crippen LogP contribution is 2.15. The Morgan fingerprint density at radius 3 is 2.79 bits per heavy atom. The van der Waals surface area contributed by atoms with Crippen LogP contribution in [0.25, 0.3) is 11.8 Å². The summed E-state index contributed by atoms with van der Waals surface area (Å²) in [4.78, 5) is 10.5. The maximum absolute atomic E-state index is 10.5. The van der Waals surface area contributed by atoms with Crippen molar-refractivity contribution in [3.63, 3.8) is 0 Å². The number of carboxylic acid groups (broad SMARTS) is 1. The molecule has 1 heterocycles. The van der Waals surface area contributed by atoms with Gasteiger partial charge in [-0.05, 0) is 47.7 Å². The molecule has 0 radical (unpaired) electrons. The molecule has 0 aliphatic carbocycles. The number of nitrogens with zero attached hydrogens (tertiary/aromatic N) is 4.